The van der Waals surface area contributed by atoms with E-state index >= 15 is 0 Å². The summed E-state index contributed by atoms with van der Waals surface area (Å²) in [5.41, 5.74) is 2.24. The molecule has 0 spiro atoms. The summed E-state index contributed by atoms with van der Waals surface area (Å²) in [5.74, 6) is 2.85. The topological polar surface area (TPSA) is 18.5 Å². The van der Waals surface area contributed by atoms with Crippen LogP contribution in [0.25, 0.3) is 0 Å². The third kappa shape index (κ3) is 2.17. The maximum Gasteiger partial charge on any atom is 0.136 e. The van der Waals surface area contributed by atoms with E-state index in [0.29, 0.717) is 6.61 Å². The monoisotopic (exact) mass is 382 g/mol. The second-order valence-corrected chi connectivity index (χ2v) is 6.42. The predicted molar refractivity (Wildman–Crippen MR) is 82.9 cm³/mol. The van der Waals surface area contributed by atoms with Crippen LogP contribution in [0.1, 0.15) is 18.4 Å². The molecular weight excluding hydrogens is 372 g/mol. The van der Waals surface area contributed by atoms with Crippen molar-refractivity contribution < 1.29 is 9.47 Å². The number of hydrogen-bond acceptors (Lipinski definition) is 2. The molecule has 2 nitrogen and oxygen atoms in total. The molecule has 19 heavy (non-hydrogen) atoms. The molecule has 0 aliphatic carbocycles. The Morgan fingerprint density at radius 2 is 2.16 bits per heavy atom. The Morgan fingerprint density at radius 1 is 1.42 bits per heavy atom. The number of halogens is 2. The van der Waals surface area contributed by atoms with Gasteiger partial charge in [-0.3, -0.25) is 0 Å². The Balaban J connectivity index is 2.20. The van der Waals surface area contributed by atoms with E-state index in [9.17, 15) is 0 Å². The zero-order valence-corrected chi connectivity index (χ0v) is 13.5. The van der Waals surface area contributed by atoms with Crippen LogP contribution in [0.4, 0.5) is 0 Å². The lowest BCUT2D eigenvalue weighted by molar-refractivity contribution is 0.333. The van der Waals surface area contributed by atoms with E-state index in [1.807, 2.05) is 31.2 Å². The Bertz CT molecular complexity index is 629. The van der Waals surface area contributed by atoms with Crippen molar-refractivity contribution in [2.45, 2.75) is 12.8 Å². The molecule has 2 heterocycles. The molecule has 0 fully saturated rings. The van der Waals surface area contributed by atoms with E-state index in [-0.39, 0.29) is 5.92 Å². The second kappa shape index (κ2) is 4.84. The van der Waals surface area contributed by atoms with Crippen LogP contribution in [-0.2, 0) is 0 Å². The highest BCUT2D eigenvalue weighted by atomic mass is 79.9. The highest BCUT2D eigenvalue weighted by Crippen LogP contribution is 2.51. The summed E-state index contributed by atoms with van der Waals surface area (Å²) in [4.78, 5) is 0. The molecule has 0 N–H and O–H groups in total. The van der Waals surface area contributed by atoms with Gasteiger partial charge in [-0.05, 0) is 31.2 Å². The highest BCUT2D eigenvalue weighted by Gasteiger charge is 2.37. The van der Waals surface area contributed by atoms with Crippen molar-refractivity contribution in [3.63, 3.8) is 0 Å². The van der Waals surface area contributed by atoms with Gasteiger partial charge >= 0.3 is 0 Å². The van der Waals surface area contributed by atoms with Gasteiger partial charge in [-0.15, -0.1) is 0 Å². The molecule has 0 amide bonds. The van der Waals surface area contributed by atoms with Crippen molar-refractivity contribution in [1.29, 1.82) is 0 Å². The molecule has 0 radical (unpaired) electrons. The van der Waals surface area contributed by atoms with Gasteiger partial charge in [0.05, 0.1) is 12.5 Å². The minimum atomic E-state index is 0.215. The summed E-state index contributed by atoms with van der Waals surface area (Å²) in [6.07, 6.45) is 3.98. The number of ether oxygens (including phenoxy) is 2. The Hall–Kier alpha value is -1.00. The number of hydrogen-bond donors (Lipinski definition) is 0. The van der Waals surface area contributed by atoms with Crippen molar-refractivity contribution in [3.05, 3.63) is 56.7 Å². The maximum atomic E-state index is 5.99. The van der Waals surface area contributed by atoms with Gasteiger partial charge in [0.15, 0.2) is 0 Å². The van der Waals surface area contributed by atoms with Gasteiger partial charge in [-0.1, -0.05) is 38.4 Å². The third-order valence-electron chi connectivity index (χ3n) is 3.28. The summed E-state index contributed by atoms with van der Waals surface area (Å²) in [5, 5.41) is 0. The molecule has 2 aliphatic heterocycles. The first-order valence-corrected chi connectivity index (χ1v) is 7.55. The van der Waals surface area contributed by atoms with E-state index in [1.54, 1.807) is 0 Å². The van der Waals surface area contributed by atoms with Crippen molar-refractivity contribution in [2.75, 3.05) is 6.61 Å². The summed E-state index contributed by atoms with van der Waals surface area (Å²) in [7, 11) is 0. The molecule has 0 aromatic heterocycles. The van der Waals surface area contributed by atoms with Gasteiger partial charge in [0.2, 0.25) is 0 Å². The minimum Gasteiger partial charge on any atom is -0.492 e. The average molecular weight is 384 g/mol. The zero-order valence-electron chi connectivity index (χ0n) is 10.4. The number of allylic oxidation sites excluding steroid dienone is 4. The molecule has 4 heteroatoms. The molecule has 1 unspecified atom stereocenters. The fourth-order valence-corrected chi connectivity index (χ4v) is 3.20. The van der Waals surface area contributed by atoms with E-state index in [4.69, 9.17) is 9.47 Å². The predicted octanol–water partition coefficient (Wildman–Crippen LogP) is 5.06. The molecule has 1 atom stereocenters. The summed E-state index contributed by atoms with van der Waals surface area (Å²) in [6.45, 7) is 6.50. The summed E-state index contributed by atoms with van der Waals surface area (Å²) >= 11 is 6.87. The molecule has 0 bridgehead atoms. The maximum absolute atomic E-state index is 5.99. The van der Waals surface area contributed by atoms with Gasteiger partial charge < -0.3 is 9.47 Å². The molecule has 1 aromatic rings. The molecule has 1 aromatic carbocycles. The van der Waals surface area contributed by atoms with Gasteiger partial charge in [0, 0.05) is 20.1 Å². The van der Waals surface area contributed by atoms with E-state index in [0.717, 1.165) is 37.3 Å². The van der Waals surface area contributed by atoms with Crippen molar-refractivity contribution >= 4 is 31.9 Å². The molecule has 0 saturated heterocycles. The standard InChI is InChI=1S/C15H12Br2O2/c1-3-12-10(4-8(2)16)11-7-18-13-5-9(17)6-14(19-12)15(11)13/h3-6,11H,2,7H2,1H3. The Labute approximate surface area is 129 Å². The van der Waals surface area contributed by atoms with Crippen LogP contribution in [0.5, 0.6) is 11.5 Å². The molecule has 3 rings (SSSR count). The van der Waals surface area contributed by atoms with E-state index in [2.05, 4.69) is 38.4 Å². The molecule has 98 valence electrons. The number of rotatable bonds is 1. The largest absolute Gasteiger partial charge is 0.492 e. The van der Waals surface area contributed by atoms with Crippen LogP contribution in [-0.4, -0.2) is 6.61 Å². The quantitative estimate of drug-likeness (QED) is 0.675. The van der Waals surface area contributed by atoms with Crippen molar-refractivity contribution in [3.8, 4) is 11.5 Å². The third-order valence-corrected chi connectivity index (χ3v) is 3.96. The lowest BCUT2D eigenvalue weighted by Crippen LogP contribution is -2.16. The molecule has 0 saturated carbocycles. The minimum absolute atomic E-state index is 0.215. The van der Waals surface area contributed by atoms with Gasteiger partial charge in [-0.2, -0.15) is 0 Å². The first-order valence-electron chi connectivity index (χ1n) is 5.97. The van der Waals surface area contributed by atoms with Crippen LogP contribution in [0.3, 0.4) is 0 Å². The summed E-state index contributed by atoms with van der Waals surface area (Å²) in [6, 6.07) is 3.98. The van der Waals surface area contributed by atoms with Crippen LogP contribution in [0, 0.1) is 0 Å². The first kappa shape index (κ1) is 13.0. The fourth-order valence-electron chi connectivity index (χ4n) is 2.53. The molecule has 2 aliphatic rings. The number of benzene rings is 1. The molecular formula is C15H12Br2O2. The summed E-state index contributed by atoms with van der Waals surface area (Å²) < 4.78 is 13.6. The van der Waals surface area contributed by atoms with Gasteiger partial charge in [0.1, 0.15) is 17.3 Å². The lowest BCUT2D eigenvalue weighted by atomic mass is 9.88. The van der Waals surface area contributed by atoms with Crippen LogP contribution in [0.2, 0.25) is 0 Å². The van der Waals surface area contributed by atoms with Crippen LogP contribution >= 0.6 is 31.9 Å². The first-order chi connectivity index (χ1) is 9.10. The average Bonchev–Trinajstić information content (AvgIpc) is 2.76. The second-order valence-electron chi connectivity index (χ2n) is 4.48. The fraction of sp³-hybridized carbons (Fsp3) is 0.200. The van der Waals surface area contributed by atoms with Crippen molar-refractivity contribution in [1.82, 2.24) is 0 Å². The lowest BCUT2D eigenvalue weighted by Gasteiger charge is -2.26. The van der Waals surface area contributed by atoms with Crippen molar-refractivity contribution in [2.24, 2.45) is 0 Å². The SMILES string of the molecule is C=C(Br)C=C1C(=CC)Oc2cc(Br)cc3c2C1CO3. The highest BCUT2D eigenvalue weighted by molar-refractivity contribution is 9.11. The van der Waals surface area contributed by atoms with E-state index in [1.165, 1.54) is 0 Å². The Kier molecular flexibility index (Phi) is 3.31. The van der Waals surface area contributed by atoms with Gasteiger partial charge in [0.25, 0.3) is 0 Å². The van der Waals surface area contributed by atoms with E-state index < -0.39 is 0 Å². The zero-order chi connectivity index (χ0) is 13.6. The smallest absolute Gasteiger partial charge is 0.136 e. The van der Waals surface area contributed by atoms with Crippen LogP contribution < -0.4 is 9.47 Å². The van der Waals surface area contributed by atoms with Crippen LogP contribution in [0.15, 0.2) is 51.2 Å². The van der Waals surface area contributed by atoms with Gasteiger partial charge in [-0.25, -0.2) is 0 Å². The Morgan fingerprint density at radius 3 is 2.84 bits per heavy atom. The normalized spacial score (nSPS) is 24.1.